The summed E-state index contributed by atoms with van der Waals surface area (Å²) in [6.07, 6.45) is 0.567. The minimum Gasteiger partial charge on any atom is -0.393 e. The highest BCUT2D eigenvalue weighted by molar-refractivity contribution is 5.66. The van der Waals surface area contributed by atoms with E-state index in [0.717, 1.165) is 0 Å². The van der Waals surface area contributed by atoms with E-state index in [1.165, 1.54) is 6.07 Å². The molecule has 1 rings (SSSR count). The molecule has 0 saturated heterocycles. The third-order valence-electron chi connectivity index (χ3n) is 2.06. The first kappa shape index (κ1) is 12.0. The van der Waals surface area contributed by atoms with Gasteiger partial charge in [0.25, 0.3) is 5.69 Å². The van der Waals surface area contributed by atoms with Crippen LogP contribution in [-0.2, 0) is 0 Å². The van der Waals surface area contributed by atoms with Gasteiger partial charge in [0.1, 0.15) is 5.69 Å². The maximum absolute atomic E-state index is 10.7. The molecule has 84 valence electrons. The van der Waals surface area contributed by atoms with Crippen molar-refractivity contribution in [3.63, 3.8) is 0 Å². The average molecular weight is 219 g/mol. The van der Waals surface area contributed by atoms with Crippen LogP contribution in [-0.4, -0.2) is 11.5 Å². The van der Waals surface area contributed by atoms with Crippen LogP contribution in [0.15, 0.2) is 12.1 Å². The summed E-state index contributed by atoms with van der Waals surface area (Å²) in [7, 11) is 0. The third kappa shape index (κ3) is 2.72. The first-order valence-corrected chi connectivity index (χ1v) is 4.79. The topological polar surface area (TPSA) is 95.2 Å². The molecular weight excluding hydrogens is 206 g/mol. The van der Waals surface area contributed by atoms with E-state index in [4.69, 9.17) is 11.5 Å². The lowest BCUT2D eigenvalue weighted by molar-refractivity contribution is -0.383. The molecule has 0 aliphatic rings. The Morgan fingerprint density at radius 3 is 2.75 bits per heavy atom. The highest BCUT2D eigenvalue weighted by Crippen LogP contribution is 2.26. The minimum atomic E-state index is -0.504. The summed E-state index contributed by atoms with van der Waals surface area (Å²) in [6, 6.07) is 3.11. The number of hydrogen-bond donors (Lipinski definition) is 2. The second-order valence-electron chi connectivity index (χ2n) is 3.32. The number of rotatable bonds is 2. The van der Waals surface area contributed by atoms with Crippen LogP contribution < -0.4 is 11.5 Å². The van der Waals surface area contributed by atoms with Crippen molar-refractivity contribution in [3.05, 3.63) is 33.4 Å². The summed E-state index contributed by atoms with van der Waals surface area (Å²) >= 11 is 0. The predicted molar refractivity (Wildman–Crippen MR) is 62.8 cm³/mol. The van der Waals surface area contributed by atoms with Gasteiger partial charge in [-0.2, -0.15) is 0 Å². The molecule has 0 radical (unpaired) electrons. The fourth-order valence-corrected chi connectivity index (χ4v) is 1.24. The number of nitro benzene ring substituents is 1. The zero-order valence-electron chi connectivity index (χ0n) is 8.99. The maximum atomic E-state index is 10.7. The molecule has 4 N–H and O–H groups in total. The molecule has 16 heavy (non-hydrogen) atoms. The quantitative estimate of drug-likeness (QED) is 0.338. The van der Waals surface area contributed by atoms with E-state index in [9.17, 15) is 10.1 Å². The van der Waals surface area contributed by atoms with Gasteiger partial charge >= 0.3 is 0 Å². The van der Waals surface area contributed by atoms with Crippen LogP contribution in [0.5, 0.6) is 0 Å². The van der Waals surface area contributed by atoms with E-state index in [-0.39, 0.29) is 11.4 Å². The van der Waals surface area contributed by atoms with Crippen molar-refractivity contribution in [2.45, 2.75) is 13.3 Å². The standard InChI is InChI=1S/C11H13N3O2/c1-8-6-9(4-2-3-5-12)7-10(11(8)13)14(15)16/h6-7H,3,5,12-13H2,1H3. The normalized spacial score (nSPS) is 9.38. The van der Waals surface area contributed by atoms with Gasteiger partial charge in [0, 0.05) is 24.6 Å². The molecule has 1 aromatic carbocycles. The zero-order chi connectivity index (χ0) is 12.1. The van der Waals surface area contributed by atoms with Crippen molar-refractivity contribution in [1.29, 1.82) is 0 Å². The predicted octanol–water partition coefficient (Wildman–Crippen LogP) is 1.19. The Balaban J connectivity index is 3.15. The van der Waals surface area contributed by atoms with Crippen molar-refractivity contribution in [3.8, 4) is 11.8 Å². The van der Waals surface area contributed by atoms with Gasteiger partial charge in [-0.3, -0.25) is 10.1 Å². The lowest BCUT2D eigenvalue weighted by atomic mass is 10.1. The number of benzene rings is 1. The monoisotopic (exact) mass is 219 g/mol. The Bertz CT molecular complexity index is 472. The van der Waals surface area contributed by atoms with Crippen molar-refractivity contribution in [2.75, 3.05) is 12.3 Å². The molecule has 0 aliphatic heterocycles. The fourth-order valence-electron chi connectivity index (χ4n) is 1.24. The Kier molecular flexibility index (Phi) is 3.86. The molecule has 0 amide bonds. The number of anilines is 1. The van der Waals surface area contributed by atoms with Crippen LogP contribution in [0.4, 0.5) is 11.4 Å². The SMILES string of the molecule is Cc1cc(C#CCCN)cc([N+](=O)[O-])c1N. The van der Waals surface area contributed by atoms with E-state index in [0.29, 0.717) is 24.1 Å². The van der Waals surface area contributed by atoms with Gasteiger partial charge in [-0.05, 0) is 18.6 Å². The van der Waals surface area contributed by atoms with Gasteiger partial charge in [-0.1, -0.05) is 11.8 Å². The van der Waals surface area contributed by atoms with Crippen molar-refractivity contribution < 1.29 is 4.92 Å². The summed E-state index contributed by atoms with van der Waals surface area (Å²) in [5, 5.41) is 10.7. The van der Waals surface area contributed by atoms with Crippen molar-refractivity contribution >= 4 is 11.4 Å². The highest BCUT2D eigenvalue weighted by Gasteiger charge is 2.14. The van der Waals surface area contributed by atoms with E-state index < -0.39 is 4.92 Å². The molecule has 0 bridgehead atoms. The molecule has 5 heteroatoms. The van der Waals surface area contributed by atoms with Crippen LogP contribution in [0.2, 0.25) is 0 Å². The number of aryl methyl sites for hydroxylation is 1. The van der Waals surface area contributed by atoms with Gasteiger partial charge in [0.05, 0.1) is 4.92 Å². The smallest absolute Gasteiger partial charge is 0.293 e. The van der Waals surface area contributed by atoms with Crippen LogP contribution in [0.3, 0.4) is 0 Å². The van der Waals surface area contributed by atoms with Crippen molar-refractivity contribution in [2.24, 2.45) is 5.73 Å². The second-order valence-corrected chi connectivity index (χ2v) is 3.32. The Morgan fingerprint density at radius 1 is 1.50 bits per heavy atom. The van der Waals surface area contributed by atoms with Crippen LogP contribution in [0, 0.1) is 28.9 Å². The molecule has 5 nitrogen and oxygen atoms in total. The molecule has 0 spiro atoms. The summed E-state index contributed by atoms with van der Waals surface area (Å²) < 4.78 is 0. The lowest BCUT2D eigenvalue weighted by Crippen LogP contribution is -1.99. The summed E-state index contributed by atoms with van der Waals surface area (Å²) in [4.78, 5) is 10.2. The van der Waals surface area contributed by atoms with Crippen LogP contribution in [0.25, 0.3) is 0 Å². The van der Waals surface area contributed by atoms with Gasteiger partial charge in [-0.25, -0.2) is 0 Å². The fraction of sp³-hybridized carbons (Fsp3) is 0.273. The second kappa shape index (κ2) is 5.14. The first-order chi connectivity index (χ1) is 7.56. The largest absolute Gasteiger partial charge is 0.393 e. The first-order valence-electron chi connectivity index (χ1n) is 4.79. The minimum absolute atomic E-state index is 0.1000. The summed E-state index contributed by atoms with van der Waals surface area (Å²) in [6.45, 7) is 2.19. The van der Waals surface area contributed by atoms with E-state index in [2.05, 4.69) is 11.8 Å². The summed E-state index contributed by atoms with van der Waals surface area (Å²) in [5.41, 5.74) is 12.2. The van der Waals surface area contributed by atoms with Crippen LogP contribution in [0.1, 0.15) is 17.5 Å². The maximum Gasteiger partial charge on any atom is 0.293 e. The van der Waals surface area contributed by atoms with E-state index in [1.54, 1.807) is 13.0 Å². The molecule has 0 fully saturated rings. The molecule has 0 unspecified atom stereocenters. The number of nitrogens with two attached hydrogens (primary N) is 2. The number of nitrogen functional groups attached to an aromatic ring is 1. The molecule has 0 aromatic heterocycles. The molecule has 0 aliphatic carbocycles. The molecule has 0 heterocycles. The average Bonchev–Trinajstić information content (AvgIpc) is 2.23. The number of hydrogen-bond acceptors (Lipinski definition) is 4. The third-order valence-corrected chi connectivity index (χ3v) is 2.06. The summed E-state index contributed by atoms with van der Waals surface area (Å²) in [5.74, 6) is 5.64. The molecular formula is C11H13N3O2. The Morgan fingerprint density at radius 2 is 2.19 bits per heavy atom. The van der Waals surface area contributed by atoms with E-state index >= 15 is 0 Å². The van der Waals surface area contributed by atoms with Crippen LogP contribution >= 0.6 is 0 Å². The van der Waals surface area contributed by atoms with Gasteiger partial charge in [0.15, 0.2) is 0 Å². The Hall–Kier alpha value is -2.06. The number of nitrogens with zero attached hydrogens (tertiary/aromatic N) is 1. The van der Waals surface area contributed by atoms with Gasteiger partial charge in [0.2, 0.25) is 0 Å². The Labute approximate surface area is 93.6 Å². The van der Waals surface area contributed by atoms with Gasteiger partial charge < -0.3 is 11.5 Å². The van der Waals surface area contributed by atoms with Crippen molar-refractivity contribution in [1.82, 2.24) is 0 Å². The molecule has 1 aromatic rings. The highest BCUT2D eigenvalue weighted by atomic mass is 16.6. The zero-order valence-corrected chi connectivity index (χ0v) is 8.99. The lowest BCUT2D eigenvalue weighted by Gasteiger charge is -2.01. The molecule has 0 atom stereocenters. The molecule has 0 saturated carbocycles. The number of nitro groups is 1. The van der Waals surface area contributed by atoms with Gasteiger partial charge in [-0.15, -0.1) is 0 Å². The van der Waals surface area contributed by atoms with E-state index in [1.807, 2.05) is 0 Å².